The highest BCUT2D eigenvalue weighted by atomic mass is 35.5. The van der Waals surface area contributed by atoms with Crippen molar-refractivity contribution in [3.63, 3.8) is 0 Å². The Morgan fingerprint density at radius 1 is 1.36 bits per heavy atom. The predicted molar refractivity (Wildman–Crippen MR) is 104 cm³/mol. The topological polar surface area (TPSA) is 74.2 Å². The number of fused-ring (bicyclic) bond motifs is 1. The van der Waals surface area contributed by atoms with Crippen LogP contribution >= 0.6 is 11.6 Å². The molecule has 4 rings (SSSR count). The van der Waals surface area contributed by atoms with E-state index in [1.807, 2.05) is 0 Å². The van der Waals surface area contributed by atoms with Crippen LogP contribution in [0.2, 0.25) is 5.02 Å². The lowest BCUT2D eigenvalue weighted by Gasteiger charge is -2.34. The Morgan fingerprint density at radius 2 is 2.11 bits per heavy atom. The molecule has 0 fully saturated rings. The number of ether oxygens (including phenoxy) is 3. The number of halogens is 1. The van der Waals surface area contributed by atoms with Crippen molar-refractivity contribution in [3.8, 4) is 11.5 Å². The lowest BCUT2D eigenvalue weighted by Crippen LogP contribution is -2.37. The van der Waals surface area contributed by atoms with Gasteiger partial charge in [-0.2, -0.15) is 0 Å². The molecule has 6 nitrogen and oxygen atoms in total. The zero-order valence-electron chi connectivity index (χ0n) is 15.5. The SMILES string of the molecule is C=CCOC(=O)C1C(C)=NC2=C(C(=O)CCC2)[C@H]1c1cc2c(cc1Cl)OCO2. The summed E-state index contributed by atoms with van der Waals surface area (Å²) in [5, 5.41) is 0.413. The van der Waals surface area contributed by atoms with E-state index in [-0.39, 0.29) is 19.2 Å². The summed E-state index contributed by atoms with van der Waals surface area (Å²) < 4.78 is 16.2. The summed E-state index contributed by atoms with van der Waals surface area (Å²) in [5.74, 6) is -0.672. The molecule has 7 heteroatoms. The number of rotatable bonds is 4. The van der Waals surface area contributed by atoms with Gasteiger partial charge in [0, 0.05) is 40.4 Å². The Morgan fingerprint density at radius 3 is 2.86 bits per heavy atom. The van der Waals surface area contributed by atoms with Crippen LogP contribution in [0.5, 0.6) is 11.5 Å². The van der Waals surface area contributed by atoms with Crippen molar-refractivity contribution in [1.82, 2.24) is 0 Å². The fraction of sp³-hybridized carbons (Fsp3) is 0.381. The molecule has 2 heterocycles. The Kier molecular flexibility index (Phi) is 4.98. The quantitative estimate of drug-likeness (QED) is 0.563. The van der Waals surface area contributed by atoms with E-state index in [4.69, 9.17) is 25.8 Å². The van der Waals surface area contributed by atoms with Gasteiger partial charge >= 0.3 is 5.97 Å². The first-order valence-corrected chi connectivity index (χ1v) is 9.57. The number of ketones is 1. The van der Waals surface area contributed by atoms with Crippen LogP contribution in [0, 0.1) is 5.92 Å². The van der Waals surface area contributed by atoms with Gasteiger partial charge in [0.25, 0.3) is 0 Å². The molecule has 3 aliphatic rings. The lowest BCUT2D eigenvalue weighted by atomic mass is 9.71. The van der Waals surface area contributed by atoms with Crippen molar-refractivity contribution >= 4 is 29.1 Å². The summed E-state index contributed by atoms with van der Waals surface area (Å²) in [5.41, 5.74) is 2.54. The van der Waals surface area contributed by atoms with Gasteiger partial charge in [0.1, 0.15) is 12.5 Å². The van der Waals surface area contributed by atoms with Gasteiger partial charge in [0.15, 0.2) is 17.3 Å². The van der Waals surface area contributed by atoms with Crippen molar-refractivity contribution < 1.29 is 23.8 Å². The van der Waals surface area contributed by atoms with Crippen LogP contribution in [-0.2, 0) is 14.3 Å². The maximum absolute atomic E-state index is 12.9. The number of carbonyl (C=O) groups is 2. The Hall–Kier alpha value is -2.60. The van der Waals surface area contributed by atoms with Crippen LogP contribution in [0.25, 0.3) is 0 Å². The van der Waals surface area contributed by atoms with Gasteiger partial charge in [-0.15, -0.1) is 0 Å². The minimum atomic E-state index is -0.737. The molecule has 0 bridgehead atoms. The second-order valence-electron chi connectivity index (χ2n) is 6.99. The van der Waals surface area contributed by atoms with Gasteiger partial charge in [-0.05, 0) is 31.4 Å². The highest BCUT2D eigenvalue weighted by Crippen LogP contribution is 2.48. The van der Waals surface area contributed by atoms with E-state index in [1.165, 1.54) is 6.08 Å². The highest BCUT2D eigenvalue weighted by Gasteiger charge is 2.44. The molecule has 1 unspecified atom stereocenters. The van der Waals surface area contributed by atoms with E-state index in [1.54, 1.807) is 19.1 Å². The summed E-state index contributed by atoms with van der Waals surface area (Å²) in [6.07, 6.45) is 3.39. The van der Waals surface area contributed by atoms with Gasteiger partial charge in [-0.25, -0.2) is 0 Å². The number of aliphatic imine (C=N–C) groups is 1. The molecule has 0 saturated heterocycles. The molecule has 1 aromatic carbocycles. The molecule has 0 saturated carbocycles. The number of hydrogen-bond donors (Lipinski definition) is 0. The van der Waals surface area contributed by atoms with Crippen LogP contribution in [0.4, 0.5) is 0 Å². The largest absolute Gasteiger partial charge is 0.461 e. The number of nitrogens with zero attached hydrogens (tertiary/aromatic N) is 1. The van der Waals surface area contributed by atoms with Crippen molar-refractivity contribution in [2.24, 2.45) is 10.9 Å². The van der Waals surface area contributed by atoms with E-state index in [9.17, 15) is 9.59 Å². The Labute approximate surface area is 167 Å². The molecule has 2 aliphatic heterocycles. The zero-order chi connectivity index (χ0) is 19.8. The molecule has 2 atom stereocenters. The van der Waals surface area contributed by atoms with E-state index < -0.39 is 17.8 Å². The molecule has 28 heavy (non-hydrogen) atoms. The first-order valence-electron chi connectivity index (χ1n) is 9.19. The fourth-order valence-corrected chi connectivity index (χ4v) is 4.32. The van der Waals surface area contributed by atoms with Crippen molar-refractivity contribution in [3.05, 3.63) is 46.6 Å². The summed E-state index contributed by atoms with van der Waals surface area (Å²) in [6, 6.07) is 3.42. The molecule has 1 aliphatic carbocycles. The van der Waals surface area contributed by atoms with Crippen LogP contribution in [0.15, 0.2) is 41.1 Å². The first kappa shape index (κ1) is 18.7. The van der Waals surface area contributed by atoms with Gasteiger partial charge in [-0.3, -0.25) is 14.6 Å². The maximum Gasteiger partial charge on any atom is 0.315 e. The molecule has 0 amide bonds. The molecule has 0 spiro atoms. The summed E-state index contributed by atoms with van der Waals surface area (Å²) >= 11 is 6.56. The fourth-order valence-electron chi connectivity index (χ4n) is 4.05. The van der Waals surface area contributed by atoms with Crippen molar-refractivity contribution in [1.29, 1.82) is 0 Å². The molecule has 1 aromatic rings. The second kappa shape index (κ2) is 7.43. The minimum Gasteiger partial charge on any atom is -0.461 e. The van der Waals surface area contributed by atoms with Crippen molar-refractivity contribution in [2.75, 3.05) is 13.4 Å². The van der Waals surface area contributed by atoms with E-state index >= 15 is 0 Å². The van der Waals surface area contributed by atoms with Gasteiger partial charge in [0.2, 0.25) is 6.79 Å². The monoisotopic (exact) mass is 401 g/mol. The maximum atomic E-state index is 12.9. The molecule has 146 valence electrons. The number of esters is 1. The average molecular weight is 402 g/mol. The van der Waals surface area contributed by atoms with Crippen molar-refractivity contribution in [2.45, 2.75) is 32.1 Å². The first-order chi connectivity index (χ1) is 13.5. The summed E-state index contributed by atoms with van der Waals surface area (Å²) in [6.45, 7) is 5.57. The third-order valence-electron chi connectivity index (χ3n) is 5.26. The average Bonchev–Trinajstić information content (AvgIpc) is 3.11. The third-order valence-corrected chi connectivity index (χ3v) is 5.59. The normalized spacial score (nSPS) is 23.2. The Balaban J connectivity index is 1.87. The van der Waals surface area contributed by atoms with Crippen LogP contribution in [-0.4, -0.2) is 30.9 Å². The van der Waals surface area contributed by atoms with Crippen LogP contribution in [0.3, 0.4) is 0 Å². The molecular formula is C21H20ClNO5. The van der Waals surface area contributed by atoms with Crippen LogP contribution < -0.4 is 9.47 Å². The predicted octanol–water partition coefficient (Wildman–Crippen LogP) is 3.98. The number of hydrogen-bond acceptors (Lipinski definition) is 6. The zero-order valence-corrected chi connectivity index (χ0v) is 16.3. The lowest BCUT2D eigenvalue weighted by molar-refractivity contribution is -0.145. The van der Waals surface area contributed by atoms with E-state index in [0.717, 1.165) is 12.1 Å². The van der Waals surface area contributed by atoms with Gasteiger partial charge in [0.05, 0.1) is 0 Å². The number of benzene rings is 1. The molecule has 0 N–H and O–H groups in total. The molecule has 0 radical (unpaired) electrons. The highest BCUT2D eigenvalue weighted by molar-refractivity contribution is 6.32. The number of Topliss-reactive ketones (excluding diaryl/α,β-unsaturated/α-hetero) is 1. The summed E-state index contributed by atoms with van der Waals surface area (Å²) in [7, 11) is 0. The Bertz CT molecular complexity index is 933. The van der Waals surface area contributed by atoms with E-state index in [2.05, 4.69) is 11.6 Å². The van der Waals surface area contributed by atoms with Crippen LogP contribution in [0.1, 0.15) is 37.7 Å². The van der Waals surface area contributed by atoms with Gasteiger partial charge in [-0.1, -0.05) is 24.3 Å². The second-order valence-corrected chi connectivity index (χ2v) is 7.40. The standard InChI is InChI=1S/C21H20ClNO5/c1-3-7-26-21(25)18-11(2)23-14-5-4-6-15(24)20(14)19(18)12-8-16-17(9-13(12)22)28-10-27-16/h3,8-9,18-19H,1,4-7,10H2,2H3/t18?,19-/m0/s1. The minimum absolute atomic E-state index is 0.00208. The number of allylic oxidation sites excluding steroid dienone is 2. The third kappa shape index (κ3) is 3.11. The molecule has 0 aromatic heterocycles. The number of carbonyl (C=O) groups excluding carboxylic acids is 2. The van der Waals surface area contributed by atoms with E-state index in [0.29, 0.717) is 46.2 Å². The van der Waals surface area contributed by atoms with Gasteiger partial charge < -0.3 is 14.2 Å². The summed E-state index contributed by atoms with van der Waals surface area (Å²) in [4.78, 5) is 30.3. The molecular weight excluding hydrogens is 382 g/mol. The smallest absolute Gasteiger partial charge is 0.315 e.